The van der Waals surface area contributed by atoms with Crippen molar-refractivity contribution in [1.29, 1.82) is 0 Å². The summed E-state index contributed by atoms with van der Waals surface area (Å²) < 4.78 is 19.2. The highest BCUT2D eigenvalue weighted by Gasteiger charge is 2.26. The van der Waals surface area contributed by atoms with E-state index in [4.69, 9.17) is 10.5 Å². The quantitative estimate of drug-likeness (QED) is 0.866. The molecule has 0 spiro atoms. The molecule has 21 heavy (non-hydrogen) atoms. The molecule has 0 amide bonds. The maximum absolute atomic E-state index is 13.6. The van der Waals surface area contributed by atoms with Crippen molar-refractivity contribution in [3.8, 4) is 5.75 Å². The number of benzene rings is 2. The van der Waals surface area contributed by atoms with Gasteiger partial charge in [-0.3, -0.25) is 0 Å². The van der Waals surface area contributed by atoms with Crippen LogP contribution in [-0.2, 0) is 0 Å². The first-order chi connectivity index (χ1) is 10.1. The second-order valence-corrected chi connectivity index (χ2v) is 5.47. The number of methoxy groups -OCH3 is 1. The molecule has 0 aliphatic heterocycles. The molecule has 0 fully saturated rings. The number of ether oxygens (including phenoxy) is 1. The third-order valence-corrected chi connectivity index (χ3v) is 4.31. The highest BCUT2D eigenvalue weighted by molar-refractivity contribution is 9.10. The highest BCUT2D eigenvalue weighted by atomic mass is 79.9. The predicted molar refractivity (Wildman–Crippen MR) is 83.8 cm³/mol. The summed E-state index contributed by atoms with van der Waals surface area (Å²) in [7, 11) is 1.57. The Hall–Kier alpha value is -1.43. The summed E-state index contributed by atoms with van der Waals surface area (Å²) in [6, 6.07) is 11.9. The maximum Gasteiger partial charge on any atom is 0.137 e. The van der Waals surface area contributed by atoms with Crippen LogP contribution >= 0.6 is 15.9 Å². The van der Waals surface area contributed by atoms with Crippen LogP contribution in [-0.4, -0.2) is 18.8 Å². The SMILES string of the molecule is COc1ccccc1C(CN)C(O)c1cccc(F)c1Br. The van der Waals surface area contributed by atoms with E-state index >= 15 is 0 Å². The minimum absolute atomic E-state index is 0.213. The van der Waals surface area contributed by atoms with Crippen LogP contribution in [0.3, 0.4) is 0 Å². The first-order valence-electron chi connectivity index (χ1n) is 6.55. The van der Waals surface area contributed by atoms with E-state index in [9.17, 15) is 9.50 Å². The molecular formula is C16H17BrFNO2. The van der Waals surface area contributed by atoms with E-state index < -0.39 is 11.9 Å². The fraction of sp³-hybridized carbons (Fsp3) is 0.250. The Kier molecular flexibility index (Phi) is 5.33. The molecule has 0 saturated carbocycles. The summed E-state index contributed by atoms with van der Waals surface area (Å²) in [5.41, 5.74) is 7.10. The fourth-order valence-corrected chi connectivity index (χ4v) is 2.86. The lowest BCUT2D eigenvalue weighted by Crippen LogP contribution is -2.21. The van der Waals surface area contributed by atoms with E-state index in [2.05, 4.69) is 15.9 Å². The Bertz CT molecular complexity index is 621. The van der Waals surface area contributed by atoms with Crippen molar-refractivity contribution in [3.63, 3.8) is 0 Å². The summed E-state index contributed by atoms with van der Waals surface area (Å²) in [6.45, 7) is 0.213. The Morgan fingerprint density at radius 1 is 1.19 bits per heavy atom. The zero-order valence-electron chi connectivity index (χ0n) is 11.6. The average Bonchev–Trinajstić information content (AvgIpc) is 2.51. The minimum Gasteiger partial charge on any atom is -0.496 e. The van der Waals surface area contributed by atoms with E-state index in [0.717, 1.165) is 5.56 Å². The van der Waals surface area contributed by atoms with Crippen molar-refractivity contribution >= 4 is 15.9 Å². The van der Waals surface area contributed by atoms with Gasteiger partial charge in [-0.05, 0) is 33.6 Å². The molecule has 0 radical (unpaired) electrons. The molecule has 0 bridgehead atoms. The lowest BCUT2D eigenvalue weighted by Gasteiger charge is -2.24. The second-order valence-electron chi connectivity index (χ2n) is 4.67. The van der Waals surface area contributed by atoms with Gasteiger partial charge in [0.05, 0.1) is 17.7 Å². The zero-order valence-corrected chi connectivity index (χ0v) is 13.2. The van der Waals surface area contributed by atoms with Crippen LogP contribution in [0.4, 0.5) is 4.39 Å². The van der Waals surface area contributed by atoms with Crippen molar-refractivity contribution in [3.05, 3.63) is 63.9 Å². The molecule has 2 unspecified atom stereocenters. The molecule has 0 aromatic heterocycles. The first-order valence-corrected chi connectivity index (χ1v) is 7.34. The fourth-order valence-electron chi connectivity index (χ4n) is 2.36. The van der Waals surface area contributed by atoms with Crippen molar-refractivity contribution in [2.24, 2.45) is 5.73 Å². The number of hydrogen-bond acceptors (Lipinski definition) is 3. The van der Waals surface area contributed by atoms with Crippen LogP contribution in [0.5, 0.6) is 5.75 Å². The van der Waals surface area contributed by atoms with Gasteiger partial charge in [0.1, 0.15) is 11.6 Å². The van der Waals surface area contributed by atoms with Crippen molar-refractivity contribution < 1.29 is 14.2 Å². The molecule has 0 saturated heterocycles. The molecule has 2 rings (SSSR count). The van der Waals surface area contributed by atoms with Crippen LogP contribution < -0.4 is 10.5 Å². The van der Waals surface area contributed by atoms with Gasteiger partial charge < -0.3 is 15.6 Å². The van der Waals surface area contributed by atoms with Gasteiger partial charge in [-0.15, -0.1) is 0 Å². The third-order valence-electron chi connectivity index (χ3n) is 3.47. The number of halogens is 2. The van der Waals surface area contributed by atoms with Gasteiger partial charge in [-0.1, -0.05) is 30.3 Å². The van der Waals surface area contributed by atoms with Crippen LogP contribution in [0, 0.1) is 5.82 Å². The minimum atomic E-state index is -0.934. The van der Waals surface area contributed by atoms with Crippen LogP contribution in [0.1, 0.15) is 23.1 Å². The number of aliphatic hydroxyl groups is 1. The summed E-state index contributed by atoms with van der Waals surface area (Å²) in [4.78, 5) is 0. The summed E-state index contributed by atoms with van der Waals surface area (Å²) in [5, 5.41) is 10.6. The first kappa shape index (κ1) is 15.9. The van der Waals surface area contributed by atoms with Crippen molar-refractivity contribution in [2.45, 2.75) is 12.0 Å². The van der Waals surface area contributed by atoms with Crippen LogP contribution in [0.25, 0.3) is 0 Å². The van der Waals surface area contributed by atoms with E-state index in [-0.39, 0.29) is 16.9 Å². The van der Waals surface area contributed by atoms with Gasteiger partial charge in [0.2, 0.25) is 0 Å². The van der Waals surface area contributed by atoms with Gasteiger partial charge >= 0.3 is 0 Å². The monoisotopic (exact) mass is 353 g/mol. The predicted octanol–water partition coefficient (Wildman–Crippen LogP) is 3.37. The molecule has 2 aromatic rings. The maximum atomic E-state index is 13.6. The Morgan fingerprint density at radius 3 is 2.52 bits per heavy atom. The average molecular weight is 354 g/mol. The standard InChI is InChI=1S/C16H17BrFNO2/c1-21-14-8-3-2-5-10(14)12(9-19)16(20)11-6-4-7-13(18)15(11)17/h2-8,12,16,20H,9,19H2,1H3. The van der Waals surface area contributed by atoms with E-state index in [1.54, 1.807) is 19.2 Å². The highest BCUT2D eigenvalue weighted by Crippen LogP contribution is 2.38. The molecule has 3 nitrogen and oxygen atoms in total. The van der Waals surface area contributed by atoms with Crippen molar-refractivity contribution in [2.75, 3.05) is 13.7 Å². The lowest BCUT2D eigenvalue weighted by molar-refractivity contribution is 0.145. The Balaban J connectivity index is 2.43. The van der Waals surface area contributed by atoms with E-state index in [1.807, 2.05) is 24.3 Å². The molecule has 112 valence electrons. The molecule has 0 aliphatic rings. The van der Waals surface area contributed by atoms with E-state index in [1.165, 1.54) is 6.07 Å². The van der Waals surface area contributed by atoms with Crippen LogP contribution in [0.15, 0.2) is 46.9 Å². The summed E-state index contributed by atoms with van der Waals surface area (Å²) in [6.07, 6.45) is -0.934. The van der Waals surface area contributed by atoms with Gasteiger partial charge in [0.15, 0.2) is 0 Å². The second kappa shape index (κ2) is 7.02. The molecule has 2 aromatic carbocycles. The molecular weight excluding hydrogens is 337 g/mol. The van der Waals surface area contributed by atoms with Gasteiger partial charge in [0, 0.05) is 18.0 Å². The van der Waals surface area contributed by atoms with Gasteiger partial charge in [-0.2, -0.15) is 0 Å². The topological polar surface area (TPSA) is 55.5 Å². The van der Waals surface area contributed by atoms with Gasteiger partial charge in [0.25, 0.3) is 0 Å². The largest absolute Gasteiger partial charge is 0.496 e. The Labute approximate surface area is 131 Å². The van der Waals surface area contributed by atoms with Gasteiger partial charge in [-0.25, -0.2) is 4.39 Å². The number of para-hydroxylation sites is 1. The third kappa shape index (κ3) is 3.26. The Morgan fingerprint density at radius 2 is 1.86 bits per heavy atom. The molecule has 0 aliphatic carbocycles. The molecule has 3 N–H and O–H groups in total. The number of rotatable bonds is 5. The number of nitrogens with two attached hydrogens (primary N) is 1. The number of aliphatic hydroxyl groups excluding tert-OH is 1. The van der Waals surface area contributed by atoms with Crippen molar-refractivity contribution in [1.82, 2.24) is 0 Å². The van der Waals surface area contributed by atoms with Crippen LogP contribution in [0.2, 0.25) is 0 Å². The van der Waals surface area contributed by atoms with E-state index in [0.29, 0.717) is 11.3 Å². The molecule has 5 heteroatoms. The smallest absolute Gasteiger partial charge is 0.137 e. The number of hydrogen-bond donors (Lipinski definition) is 2. The lowest BCUT2D eigenvalue weighted by atomic mass is 9.88. The summed E-state index contributed by atoms with van der Waals surface area (Å²) in [5.74, 6) is -0.152. The summed E-state index contributed by atoms with van der Waals surface area (Å²) >= 11 is 3.18. The normalized spacial score (nSPS) is 13.8. The zero-order chi connectivity index (χ0) is 15.4. The molecule has 2 atom stereocenters. The molecule has 0 heterocycles.